The van der Waals surface area contributed by atoms with Gasteiger partial charge in [-0.1, -0.05) is 0 Å². The van der Waals surface area contributed by atoms with E-state index in [0.717, 1.165) is 38.3 Å². The van der Waals surface area contributed by atoms with Crippen LogP contribution in [0.3, 0.4) is 0 Å². The number of carbonyl (C=O) groups excluding carboxylic acids is 1. The van der Waals surface area contributed by atoms with Crippen LogP contribution in [0.1, 0.15) is 36.0 Å². The van der Waals surface area contributed by atoms with E-state index < -0.39 is 11.8 Å². The van der Waals surface area contributed by atoms with Crippen molar-refractivity contribution in [3.05, 3.63) is 29.6 Å². The Morgan fingerprint density at radius 1 is 1.29 bits per heavy atom. The predicted molar refractivity (Wildman–Crippen MR) is 74.8 cm³/mol. The maximum Gasteiger partial charge on any atom is 0.335 e. The summed E-state index contributed by atoms with van der Waals surface area (Å²) in [6.45, 7) is 0.728. The van der Waals surface area contributed by atoms with Gasteiger partial charge in [0.1, 0.15) is 5.82 Å². The zero-order valence-corrected chi connectivity index (χ0v) is 11.5. The molecule has 0 aromatic heterocycles. The monoisotopic (exact) mass is 292 g/mol. The number of carbonyl (C=O) groups is 2. The molecule has 2 aliphatic carbocycles. The molecule has 0 radical (unpaired) electrons. The van der Waals surface area contributed by atoms with Crippen molar-refractivity contribution < 1.29 is 19.1 Å². The third-order valence-corrected chi connectivity index (χ3v) is 3.86. The maximum absolute atomic E-state index is 13.8. The van der Waals surface area contributed by atoms with E-state index in [1.165, 1.54) is 12.1 Å². The number of carboxylic acid groups (broad SMARTS) is 1. The Hall–Kier alpha value is -2.11. The number of hydrogen-bond donors (Lipinski definition) is 2. The molecule has 2 N–H and O–H groups in total. The van der Waals surface area contributed by atoms with Crippen molar-refractivity contribution in [2.24, 2.45) is 5.92 Å². The number of carboxylic acids is 1. The van der Waals surface area contributed by atoms with Crippen LogP contribution in [-0.4, -0.2) is 34.6 Å². The van der Waals surface area contributed by atoms with E-state index in [9.17, 15) is 14.0 Å². The number of benzene rings is 1. The average Bonchev–Trinajstić information content (AvgIpc) is 3.31. The molecule has 1 aromatic carbocycles. The molecular weight excluding hydrogens is 275 g/mol. The number of urea groups is 1. The van der Waals surface area contributed by atoms with Gasteiger partial charge in [0, 0.05) is 12.6 Å². The number of hydrogen-bond acceptors (Lipinski definition) is 2. The van der Waals surface area contributed by atoms with Crippen molar-refractivity contribution in [2.75, 3.05) is 11.9 Å². The minimum absolute atomic E-state index is 0.0199. The second-order valence-electron chi connectivity index (χ2n) is 5.76. The third kappa shape index (κ3) is 3.32. The van der Waals surface area contributed by atoms with E-state index in [-0.39, 0.29) is 23.3 Å². The quantitative estimate of drug-likeness (QED) is 0.876. The van der Waals surface area contributed by atoms with Gasteiger partial charge in [0.15, 0.2) is 0 Å². The molecule has 5 nitrogen and oxygen atoms in total. The third-order valence-electron chi connectivity index (χ3n) is 3.86. The highest BCUT2D eigenvalue weighted by Crippen LogP contribution is 2.35. The topological polar surface area (TPSA) is 69.6 Å². The van der Waals surface area contributed by atoms with Crippen molar-refractivity contribution in [3.63, 3.8) is 0 Å². The Morgan fingerprint density at radius 3 is 2.52 bits per heavy atom. The van der Waals surface area contributed by atoms with Gasteiger partial charge in [-0.05, 0) is 49.8 Å². The first-order valence-corrected chi connectivity index (χ1v) is 7.15. The van der Waals surface area contributed by atoms with Gasteiger partial charge in [-0.15, -0.1) is 0 Å². The van der Waals surface area contributed by atoms with Crippen molar-refractivity contribution in [2.45, 2.75) is 31.7 Å². The number of nitrogens with zero attached hydrogens (tertiary/aromatic N) is 1. The number of halogens is 1. The minimum atomic E-state index is -1.19. The molecule has 2 aliphatic rings. The van der Waals surface area contributed by atoms with Crippen LogP contribution in [0.15, 0.2) is 18.2 Å². The van der Waals surface area contributed by atoms with Crippen LogP contribution in [0.5, 0.6) is 0 Å². The number of anilines is 1. The zero-order chi connectivity index (χ0) is 15.0. The summed E-state index contributed by atoms with van der Waals surface area (Å²) in [5, 5.41) is 11.3. The Morgan fingerprint density at radius 2 is 2.00 bits per heavy atom. The second-order valence-corrected chi connectivity index (χ2v) is 5.76. The second kappa shape index (κ2) is 5.35. The Balaban J connectivity index is 1.69. The number of aromatic carboxylic acids is 1. The van der Waals surface area contributed by atoms with E-state index in [0.29, 0.717) is 5.92 Å². The molecule has 0 heterocycles. The summed E-state index contributed by atoms with van der Waals surface area (Å²) in [4.78, 5) is 24.8. The minimum Gasteiger partial charge on any atom is -0.478 e. The molecule has 2 saturated carbocycles. The molecule has 0 unspecified atom stereocenters. The van der Waals surface area contributed by atoms with Gasteiger partial charge < -0.3 is 15.3 Å². The molecule has 2 fully saturated rings. The smallest absolute Gasteiger partial charge is 0.335 e. The SMILES string of the molecule is O=C(O)c1ccc(NC(=O)N(CC2CC2)C2CC2)c(F)c1. The molecule has 2 amide bonds. The van der Waals surface area contributed by atoms with Crippen molar-refractivity contribution in [1.29, 1.82) is 0 Å². The maximum atomic E-state index is 13.8. The van der Waals surface area contributed by atoms with Crippen LogP contribution in [0, 0.1) is 11.7 Å². The Bertz CT molecular complexity index is 582. The lowest BCUT2D eigenvalue weighted by molar-refractivity contribution is 0.0696. The van der Waals surface area contributed by atoms with Crippen LogP contribution in [-0.2, 0) is 0 Å². The molecule has 3 rings (SSSR count). The van der Waals surface area contributed by atoms with Crippen molar-refractivity contribution in [1.82, 2.24) is 4.90 Å². The summed E-state index contributed by atoms with van der Waals surface area (Å²) in [6, 6.07) is 3.46. The summed E-state index contributed by atoms with van der Waals surface area (Å²) < 4.78 is 13.8. The fraction of sp³-hybridized carbons (Fsp3) is 0.467. The van der Waals surface area contributed by atoms with Gasteiger partial charge in [0.05, 0.1) is 11.3 Å². The van der Waals surface area contributed by atoms with Crippen LogP contribution < -0.4 is 5.32 Å². The highest BCUT2D eigenvalue weighted by atomic mass is 19.1. The molecular formula is C15H17FN2O3. The summed E-state index contributed by atoms with van der Waals surface area (Å²) >= 11 is 0. The lowest BCUT2D eigenvalue weighted by Crippen LogP contribution is -2.38. The Kier molecular flexibility index (Phi) is 3.53. The fourth-order valence-corrected chi connectivity index (χ4v) is 2.30. The van der Waals surface area contributed by atoms with Crippen LogP contribution >= 0.6 is 0 Å². The van der Waals surface area contributed by atoms with Gasteiger partial charge in [0.2, 0.25) is 0 Å². The molecule has 0 aliphatic heterocycles. The molecule has 112 valence electrons. The highest BCUT2D eigenvalue weighted by molar-refractivity contribution is 5.92. The van der Waals surface area contributed by atoms with E-state index in [2.05, 4.69) is 5.32 Å². The first-order chi connectivity index (χ1) is 10.0. The molecule has 0 spiro atoms. The standard InChI is InChI=1S/C15H17FN2O3/c16-12-7-10(14(19)20)3-6-13(12)17-15(21)18(11-4-5-11)8-9-1-2-9/h3,6-7,9,11H,1-2,4-5,8H2,(H,17,21)(H,19,20). The summed E-state index contributed by atoms with van der Waals surface area (Å²) in [6.07, 6.45) is 4.30. The number of amides is 2. The van der Waals surface area contributed by atoms with Gasteiger partial charge in [-0.2, -0.15) is 0 Å². The van der Waals surface area contributed by atoms with Crippen LogP contribution in [0.2, 0.25) is 0 Å². The average molecular weight is 292 g/mol. The van der Waals surface area contributed by atoms with E-state index in [4.69, 9.17) is 5.11 Å². The van der Waals surface area contributed by atoms with Crippen LogP contribution in [0.25, 0.3) is 0 Å². The van der Waals surface area contributed by atoms with Crippen LogP contribution in [0.4, 0.5) is 14.9 Å². The van der Waals surface area contributed by atoms with E-state index >= 15 is 0 Å². The lowest BCUT2D eigenvalue weighted by atomic mass is 10.2. The first kappa shape index (κ1) is 13.9. The van der Waals surface area contributed by atoms with Gasteiger partial charge >= 0.3 is 12.0 Å². The molecule has 21 heavy (non-hydrogen) atoms. The summed E-state index contributed by atoms with van der Waals surface area (Å²) in [5.74, 6) is -1.35. The fourth-order valence-electron chi connectivity index (χ4n) is 2.30. The Labute approximate surface area is 121 Å². The number of nitrogens with one attached hydrogen (secondary N) is 1. The van der Waals surface area contributed by atoms with Gasteiger partial charge in [-0.25, -0.2) is 14.0 Å². The first-order valence-electron chi connectivity index (χ1n) is 7.15. The normalized spacial score (nSPS) is 17.4. The molecule has 0 atom stereocenters. The van der Waals surface area contributed by atoms with Crippen molar-refractivity contribution in [3.8, 4) is 0 Å². The lowest BCUT2D eigenvalue weighted by Gasteiger charge is -2.23. The van der Waals surface area contributed by atoms with Gasteiger partial charge in [-0.3, -0.25) is 0 Å². The van der Waals surface area contributed by atoms with E-state index in [1.807, 2.05) is 0 Å². The predicted octanol–water partition coefficient (Wildman–Crippen LogP) is 2.93. The summed E-state index contributed by atoms with van der Waals surface area (Å²) in [5.41, 5.74) is -0.117. The largest absolute Gasteiger partial charge is 0.478 e. The molecule has 0 saturated heterocycles. The zero-order valence-electron chi connectivity index (χ0n) is 11.5. The van der Waals surface area contributed by atoms with Crippen molar-refractivity contribution >= 4 is 17.7 Å². The molecule has 0 bridgehead atoms. The number of rotatable bonds is 5. The summed E-state index contributed by atoms with van der Waals surface area (Å²) in [7, 11) is 0. The highest BCUT2D eigenvalue weighted by Gasteiger charge is 2.36. The molecule has 6 heteroatoms. The molecule has 1 aromatic rings. The van der Waals surface area contributed by atoms with E-state index in [1.54, 1.807) is 4.90 Å². The van der Waals surface area contributed by atoms with Gasteiger partial charge in [0.25, 0.3) is 0 Å².